The van der Waals surface area contributed by atoms with Crippen molar-refractivity contribution < 1.29 is 13.9 Å². The van der Waals surface area contributed by atoms with E-state index in [0.29, 0.717) is 16.4 Å². The number of halogens is 2. The largest absolute Gasteiger partial charge is 0.494 e. The van der Waals surface area contributed by atoms with Crippen LogP contribution in [0.3, 0.4) is 0 Å². The van der Waals surface area contributed by atoms with E-state index < -0.39 is 11.4 Å². The van der Waals surface area contributed by atoms with Gasteiger partial charge in [-0.25, -0.2) is 9.37 Å². The lowest BCUT2D eigenvalue weighted by Crippen LogP contribution is -2.45. The zero-order chi connectivity index (χ0) is 15.6. The van der Waals surface area contributed by atoms with Crippen LogP contribution in [0.25, 0.3) is 11.3 Å². The minimum absolute atomic E-state index is 0. The molecule has 0 aliphatic heterocycles. The number of amides is 1. The first-order valence-corrected chi connectivity index (χ1v) is 7.09. The van der Waals surface area contributed by atoms with Crippen LogP contribution >= 0.6 is 23.7 Å². The van der Waals surface area contributed by atoms with Crippen molar-refractivity contribution in [2.45, 2.75) is 19.4 Å². The number of anilines is 1. The molecule has 120 valence electrons. The number of nitrogens with one attached hydrogen (secondary N) is 1. The first-order chi connectivity index (χ1) is 9.81. The predicted octanol–water partition coefficient (Wildman–Crippen LogP) is 3.06. The van der Waals surface area contributed by atoms with Gasteiger partial charge in [-0.05, 0) is 32.0 Å². The molecule has 2 aromatic rings. The van der Waals surface area contributed by atoms with E-state index in [0.717, 1.165) is 0 Å². The van der Waals surface area contributed by atoms with Crippen LogP contribution in [-0.2, 0) is 4.79 Å². The molecule has 0 spiro atoms. The summed E-state index contributed by atoms with van der Waals surface area (Å²) in [6.07, 6.45) is 0. The smallest absolute Gasteiger partial charge is 0.245 e. The van der Waals surface area contributed by atoms with Gasteiger partial charge in [-0.1, -0.05) is 0 Å². The predicted molar refractivity (Wildman–Crippen MR) is 88.2 cm³/mol. The Kier molecular flexibility index (Phi) is 5.87. The van der Waals surface area contributed by atoms with Crippen LogP contribution in [0.15, 0.2) is 23.6 Å². The lowest BCUT2D eigenvalue weighted by Gasteiger charge is -2.16. The number of methoxy groups -OCH3 is 1. The second-order valence-electron chi connectivity index (χ2n) is 5.06. The third-order valence-corrected chi connectivity index (χ3v) is 3.52. The van der Waals surface area contributed by atoms with Crippen molar-refractivity contribution in [1.82, 2.24) is 4.98 Å². The van der Waals surface area contributed by atoms with E-state index in [1.54, 1.807) is 25.3 Å². The van der Waals surface area contributed by atoms with Gasteiger partial charge in [0.2, 0.25) is 5.91 Å². The Morgan fingerprint density at radius 3 is 2.68 bits per heavy atom. The first kappa shape index (κ1) is 18.3. The number of hydrogen-bond donors (Lipinski definition) is 2. The van der Waals surface area contributed by atoms with E-state index in [1.807, 2.05) is 0 Å². The molecule has 0 unspecified atom stereocenters. The fourth-order valence-electron chi connectivity index (χ4n) is 1.55. The van der Waals surface area contributed by atoms with E-state index in [4.69, 9.17) is 10.5 Å². The van der Waals surface area contributed by atoms with Gasteiger partial charge in [0.25, 0.3) is 0 Å². The summed E-state index contributed by atoms with van der Waals surface area (Å²) in [4.78, 5) is 16.0. The van der Waals surface area contributed by atoms with Gasteiger partial charge in [0.1, 0.15) is 0 Å². The van der Waals surface area contributed by atoms with Gasteiger partial charge in [-0.2, -0.15) is 0 Å². The summed E-state index contributed by atoms with van der Waals surface area (Å²) in [6, 6.07) is 4.58. The number of carbonyl (C=O) groups excluding carboxylic acids is 1. The van der Waals surface area contributed by atoms with Crippen LogP contribution in [0.4, 0.5) is 9.52 Å². The Hall–Kier alpha value is -1.70. The molecule has 5 nitrogen and oxygen atoms in total. The van der Waals surface area contributed by atoms with E-state index >= 15 is 0 Å². The molecule has 0 bridgehead atoms. The van der Waals surface area contributed by atoms with Gasteiger partial charge in [0, 0.05) is 10.9 Å². The number of benzene rings is 1. The third kappa shape index (κ3) is 4.16. The number of thiazole rings is 1. The maximum absolute atomic E-state index is 13.7. The molecule has 0 saturated heterocycles. The standard InChI is InChI=1S/C14H16FN3O2S.ClH/c1-14(2,16)12(19)18-13-17-10(7-21-13)8-4-5-11(20-3)9(15)6-8;/h4-7H,16H2,1-3H3,(H,17,18,19);1H. The normalized spacial score (nSPS) is 10.8. The van der Waals surface area contributed by atoms with Gasteiger partial charge in [-0.15, -0.1) is 23.7 Å². The van der Waals surface area contributed by atoms with Crippen LogP contribution in [0.1, 0.15) is 13.8 Å². The van der Waals surface area contributed by atoms with E-state index in [-0.39, 0.29) is 24.1 Å². The molecule has 22 heavy (non-hydrogen) atoms. The zero-order valence-electron chi connectivity index (χ0n) is 12.3. The van der Waals surface area contributed by atoms with Gasteiger partial charge in [0.15, 0.2) is 16.7 Å². The molecule has 0 radical (unpaired) electrons. The molecule has 0 atom stereocenters. The van der Waals surface area contributed by atoms with Gasteiger partial charge in [0.05, 0.1) is 18.3 Å². The number of hydrogen-bond acceptors (Lipinski definition) is 5. The molecule has 0 aliphatic rings. The summed E-state index contributed by atoms with van der Waals surface area (Å²) in [5.74, 6) is -0.617. The summed E-state index contributed by atoms with van der Waals surface area (Å²) in [7, 11) is 1.41. The number of aromatic nitrogens is 1. The summed E-state index contributed by atoms with van der Waals surface area (Å²) < 4.78 is 18.5. The Bertz CT molecular complexity index is 670. The number of nitrogens with two attached hydrogens (primary N) is 1. The Morgan fingerprint density at radius 2 is 2.14 bits per heavy atom. The van der Waals surface area contributed by atoms with E-state index in [2.05, 4.69) is 10.3 Å². The van der Waals surface area contributed by atoms with Crippen LogP contribution in [-0.4, -0.2) is 23.5 Å². The molecule has 3 N–H and O–H groups in total. The average molecular weight is 346 g/mol. The molecule has 0 aliphatic carbocycles. The maximum Gasteiger partial charge on any atom is 0.245 e. The Labute approximate surface area is 138 Å². The average Bonchev–Trinajstić information content (AvgIpc) is 2.86. The lowest BCUT2D eigenvalue weighted by molar-refractivity contribution is -0.120. The fourth-order valence-corrected chi connectivity index (χ4v) is 2.26. The highest BCUT2D eigenvalue weighted by atomic mass is 35.5. The monoisotopic (exact) mass is 345 g/mol. The fraction of sp³-hybridized carbons (Fsp3) is 0.286. The van der Waals surface area contributed by atoms with Crippen molar-refractivity contribution >= 4 is 34.8 Å². The SMILES string of the molecule is COc1ccc(-c2csc(NC(=O)C(C)(C)N)n2)cc1F.Cl. The van der Waals surface area contributed by atoms with Crippen molar-refractivity contribution in [3.8, 4) is 17.0 Å². The number of carbonyl (C=O) groups is 1. The highest BCUT2D eigenvalue weighted by Crippen LogP contribution is 2.28. The van der Waals surface area contributed by atoms with Crippen LogP contribution < -0.4 is 15.8 Å². The molecule has 1 aromatic heterocycles. The van der Waals surface area contributed by atoms with Crippen molar-refractivity contribution in [1.29, 1.82) is 0 Å². The summed E-state index contributed by atoms with van der Waals surface area (Å²) in [5.41, 5.74) is 5.89. The lowest BCUT2D eigenvalue weighted by atomic mass is 10.1. The zero-order valence-corrected chi connectivity index (χ0v) is 14.0. The maximum atomic E-state index is 13.7. The molecular formula is C14H17ClFN3O2S. The summed E-state index contributed by atoms with van der Waals surface area (Å²) in [5, 5.41) is 4.79. The minimum Gasteiger partial charge on any atom is -0.494 e. The van der Waals surface area contributed by atoms with Crippen molar-refractivity contribution in [3.63, 3.8) is 0 Å². The molecule has 1 aromatic carbocycles. The van der Waals surface area contributed by atoms with Crippen molar-refractivity contribution in [2.24, 2.45) is 5.73 Å². The molecule has 0 saturated carbocycles. The number of ether oxygens (including phenoxy) is 1. The highest BCUT2D eigenvalue weighted by molar-refractivity contribution is 7.14. The second kappa shape index (κ2) is 7.04. The van der Waals surface area contributed by atoms with Crippen molar-refractivity contribution in [2.75, 3.05) is 12.4 Å². The van der Waals surface area contributed by atoms with Crippen molar-refractivity contribution in [3.05, 3.63) is 29.4 Å². The van der Waals surface area contributed by atoms with Gasteiger partial charge >= 0.3 is 0 Å². The van der Waals surface area contributed by atoms with Gasteiger partial charge in [-0.3, -0.25) is 4.79 Å². The molecule has 8 heteroatoms. The summed E-state index contributed by atoms with van der Waals surface area (Å²) >= 11 is 1.25. The van der Waals surface area contributed by atoms with Crippen LogP contribution in [0, 0.1) is 5.82 Å². The van der Waals surface area contributed by atoms with Crippen LogP contribution in [0.2, 0.25) is 0 Å². The minimum atomic E-state index is -0.988. The summed E-state index contributed by atoms with van der Waals surface area (Å²) in [6.45, 7) is 3.21. The molecular weight excluding hydrogens is 329 g/mol. The van der Waals surface area contributed by atoms with Gasteiger partial charge < -0.3 is 15.8 Å². The third-order valence-electron chi connectivity index (χ3n) is 2.76. The van der Waals surface area contributed by atoms with E-state index in [1.165, 1.54) is 30.6 Å². The topological polar surface area (TPSA) is 77.2 Å². The Balaban J connectivity index is 0.00000242. The quantitative estimate of drug-likeness (QED) is 0.892. The number of nitrogens with zero attached hydrogens (tertiary/aromatic N) is 1. The molecule has 1 heterocycles. The number of rotatable bonds is 4. The molecule has 0 fully saturated rings. The highest BCUT2D eigenvalue weighted by Gasteiger charge is 2.22. The molecule has 2 rings (SSSR count). The molecule has 1 amide bonds. The Morgan fingerprint density at radius 1 is 1.45 bits per heavy atom. The second-order valence-corrected chi connectivity index (χ2v) is 5.92. The van der Waals surface area contributed by atoms with E-state index in [9.17, 15) is 9.18 Å². The first-order valence-electron chi connectivity index (χ1n) is 6.21. The van der Waals surface area contributed by atoms with Crippen LogP contribution in [0.5, 0.6) is 5.75 Å².